The van der Waals surface area contributed by atoms with Gasteiger partial charge in [-0.05, 0) is 113 Å². The van der Waals surface area contributed by atoms with E-state index in [2.05, 4.69) is 32.7 Å². The normalized spacial score (nSPS) is 20.6. The van der Waals surface area contributed by atoms with E-state index in [9.17, 15) is 37.6 Å². The minimum absolute atomic E-state index is 0.0159. The number of anilines is 4. The first-order valence-electron chi connectivity index (χ1n) is 19.5. The van der Waals surface area contributed by atoms with Gasteiger partial charge in [0.05, 0.1) is 28.9 Å². The number of nitrogens with one attached hydrogen (secondary N) is 3. The molecule has 3 aliphatic heterocycles. The van der Waals surface area contributed by atoms with Gasteiger partial charge in [-0.15, -0.1) is 0 Å². The van der Waals surface area contributed by atoms with E-state index in [0.29, 0.717) is 55.3 Å². The largest absolute Gasteiger partial charge is 0.492 e. The van der Waals surface area contributed by atoms with Crippen LogP contribution in [0.5, 0.6) is 5.75 Å². The highest BCUT2D eigenvalue weighted by molar-refractivity contribution is 7.81. The monoisotopic (exact) mass is 832 g/mol. The number of ether oxygens (including phenoxy) is 1. The Labute approximate surface area is 346 Å². The molecule has 3 aromatic rings. The molecular weight excluding hydrogens is 786 g/mol. The number of piperidine rings is 1. The van der Waals surface area contributed by atoms with E-state index in [1.54, 1.807) is 55.1 Å². The van der Waals surface area contributed by atoms with Crippen LogP contribution in [-0.4, -0.2) is 95.0 Å². The topological polar surface area (TPSA) is 150 Å². The summed E-state index contributed by atoms with van der Waals surface area (Å²) >= 11 is 5.72. The highest BCUT2D eigenvalue weighted by Gasteiger charge is 2.51. The Kier molecular flexibility index (Phi) is 12.6. The van der Waals surface area contributed by atoms with Gasteiger partial charge in [0.15, 0.2) is 5.11 Å². The number of amides is 4. The first-order valence-corrected chi connectivity index (χ1v) is 19.9. The molecule has 3 heterocycles. The summed E-state index contributed by atoms with van der Waals surface area (Å²) in [5.74, 6) is -0.646. The first-order chi connectivity index (χ1) is 27.9. The number of nitrogens with zero attached hydrogens (tertiary/aromatic N) is 5. The number of carbonyl (C=O) groups is 4. The first kappa shape index (κ1) is 43.0. The van der Waals surface area contributed by atoms with Crippen molar-refractivity contribution in [1.82, 2.24) is 15.1 Å². The van der Waals surface area contributed by atoms with Gasteiger partial charge in [0, 0.05) is 55.7 Å². The number of hydrogen-bond donors (Lipinski definition) is 3. The minimum atomic E-state index is -4.80. The number of benzene rings is 3. The third-order valence-electron chi connectivity index (χ3n) is 11.1. The predicted octanol–water partition coefficient (Wildman–Crippen LogP) is 5.69. The summed E-state index contributed by atoms with van der Waals surface area (Å²) in [4.78, 5) is 57.9. The van der Waals surface area contributed by atoms with Crippen molar-refractivity contribution < 1.29 is 37.1 Å². The number of hydrogen-bond acceptors (Lipinski definition) is 10. The SMILES string of the molecule is CCc1cc(N2C(=S)N(c3ccc(C#N)c(C(F)(F)F)c3)C(=O)C2(C)C)ccc1OCCN1CCN(C(C)C(=O)Nc2cccc(NC3CCC(=O)NC3=O)c2)[C@H](C)C1. The molecule has 6 rings (SSSR count). The molecule has 2 unspecified atom stereocenters. The number of halogens is 3. The summed E-state index contributed by atoms with van der Waals surface area (Å²) in [6.45, 7) is 12.4. The Morgan fingerprint density at radius 3 is 2.47 bits per heavy atom. The summed E-state index contributed by atoms with van der Waals surface area (Å²) in [6, 6.07) is 16.4. The number of alkyl halides is 3. The summed E-state index contributed by atoms with van der Waals surface area (Å²) in [7, 11) is 0. The molecule has 3 aromatic carbocycles. The lowest BCUT2D eigenvalue weighted by Gasteiger charge is -2.42. The van der Waals surface area contributed by atoms with Crippen LogP contribution in [0.3, 0.4) is 0 Å². The molecule has 3 saturated heterocycles. The molecule has 0 radical (unpaired) electrons. The average molecular weight is 833 g/mol. The lowest BCUT2D eigenvalue weighted by molar-refractivity contribution is -0.138. The Morgan fingerprint density at radius 1 is 1.07 bits per heavy atom. The number of nitriles is 1. The standard InChI is InChI=1S/C42H47F3N8O5S/c1-6-27-20-32(53-40(59)52(39(57)41(53,4)5)31-11-10-28(23-46)33(22-31)42(43,44)45)12-14-35(27)58-19-18-50-16-17-51(25(2)24-50)26(3)37(55)48-30-9-7-8-29(21-30)47-34-13-15-36(54)49-38(34)56/h7-12,14,20-22,25-26,34,47H,6,13,15-19,24H2,1-5H3,(H,48,55)(H,49,54,56)/t25-,26?,34?/m1/s1. The van der Waals surface area contributed by atoms with Gasteiger partial charge in [-0.25, -0.2) is 0 Å². The lowest BCUT2D eigenvalue weighted by atomic mass is 10.0. The molecular formula is C42H47F3N8O5S. The maximum absolute atomic E-state index is 13.8. The number of carbonyl (C=O) groups excluding carboxylic acids is 4. The van der Waals surface area contributed by atoms with Crippen LogP contribution in [0.2, 0.25) is 0 Å². The van der Waals surface area contributed by atoms with Crippen LogP contribution in [-0.2, 0) is 31.8 Å². The molecule has 0 bridgehead atoms. The van der Waals surface area contributed by atoms with Gasteiger partial charge in [-0.2, -0.15) is 18.4 Å². The van der Waals surface area contributed by atoms with Crippen LogP contribution < -0.4 is 30.5 Å². The second-order valence-electron chi connectivity index (χ2n) is 15.4. The number of aryl methyl sites for hydroxylation is 1. The average Bonchev–Trinajstić information content (AvgIpc) is 3.37. The minimum Gasteiger partial charge on any atom is -0.492 e. The molecule has 4 amide bonds. The van der Waals surface area contributed by atoms with Gasteiger partial charge in [-0.3, -0.25) is 39.2 Å². The second kappa shape index (κ2) is 17.3. The fraction of sp³-hybridized carbons (Fsp3) is 0.429. The molecule has 3 aliphatic rings. The van der Waals surface area contributed by atoms with Crippen LogP contribution in [0.15, 0.2) is 60.7 Å². The zero-order valence-electron chi connectivity index (χ0n) is 33.5. The van der Waals surface area contributed by atoms with Gasteiger partial charge >= 0.3 is 6.18 Å². The third kappa shape index (κ3) is 9.19. The van der Waals surface area contributed by atoms with Crippen LogP contribution in [0.25, 0.3) is 0 Å². The Bertz CT molecular complexity index is 2190. The lowest BCUT2D eigenvalue weighted by Crippen LogP contribution is -2.57. The molecule has 3 N–H and O–H groups in total. The maximum Gasteiger partial charge on any atom is 0.417 e. The van der Waals surface area contributed by atoms with E-state index in [1.165, 1.54) is 6.07 Å². The molecule has 3 fully saturated rings. The third-order valence-corrected chi connectivity index (χ3v) is 11.4. The fourth-order valence-electron chi connectivity index (χ4n) is 7.81. The summed E-state index contributed by atoms with van der Waals surface area (Å²) < 4.78 is 47.6. The molecule has 59 heavy (non-hydrogen) atoms. The molecule has 17 heteroatoms. The van der Waals surface area contributed by atoms with E-state index < -0.39 is 40.8 Å². The van der Waals surface area contributed by atoms with Crippen molar-refractivity contribution in [3.8, 4) is 11.8 Å². The molecule has 0 aromatic heterocycles. The van der Waals surface area contributed by atoms with Gasteiger partial charge in [0.2, 0.25) is 17.7 Å². The van der Waals surface area contributed by atoms with Crippen molar-refractivity contribution in [2.45, 2.75) is 83.7 Å². The van der Waals surface area contributed by atoms with Crippen LogP contribution in [0.1, 0.15) is 64.2 Å². The summed E-state index contributed by atoms with van der Waals surface area (Å²) in [5.41, 5.74) is -0.290. The molecule has 0 saturated carbocycles. The van der Waals surface area contributed by atoms with Crippen molar-refractivity contribution in [1.29, 1.82) is 5.26 Å². The zero-order valence-corrected chi connectivity index (χ0v) is 34.3. The number of piperazine rings is 1. The van der Waals surface area contributed by atoms with Crippen LogP contribution >= 0.6 is 12.2 Å². The van der Waals surface area contributed by atoms with Gasteiger partial charge < -0.3 is 20.3 Å². The van der Waals surface area contributed by atoms with E-state index >= 15 is 0 Å². The maximum atomic E-state index is 13.8. The Morgan fingerprint density at radius 2 is 1.80 bits per heavy atom. The van der Waals surface area contributed by atoms with Crippen molar-refractivity contribution in [2.75, 3.05) is 53.2 Å². The van der Waals surface area contributed by atoms with Crippen molar-refractivity contribution in [3.05, 3.63) is 77.4 Å². The van der Waals surface area contributed by atoms with Gasteiger partial charge in [0.25, 0.3) is 5.91 Å². The summed E-state index contributed by atoms with van der Waals surface area (Å²) in [5, 5.41) is 17.7. The molecule has 0 spiro atoms. The molecule has 312 valence electrons. The Hall–Kier alpha value is -5.57. The van der Waals surface area contributed by atoms with Crippen LogP contribution in [0.4, 0.5) is 35.9 Å². The van der Waals surface area contributed by atoms with E-state index in [1.807, 2.05) is 26.0 Å². The Balaban J connectivity index is 1.03. The quantitative estimate of drug-likeness (QED) is 0.153. The second-order valence-corrected chi connectivity index (χ2v) is 15.8. The van der Waals surface area contributed by atoms with Crippen molar-refractivity contribution in [3.63, 3.8) is 0 Å². The number of rotatable bonds is 12. The summed E-state index contributed by atoms with van der Waals surface area (Å²) in [6.07, 6.45) is -3.54. The molecule has 13 nitrogen and oxygen atoms in total. The smallest absolute Gasteiger partial charge is 0.417 e. The highest BCUT2D eigenvalue weighted by atomic mass is 32.1. The molecule has 3 atom stereocenters. The van der Waals surface area contributed by atoms with Gasteiger partial charge in [0.1, 0.15) is 23.9 Å². The van der Waals surface area contributed by atoms with Crippen LogP contribution in [0, 0.1) is 11.3 Å². The number of imide groups is 1. The van der Waals surface area contributed by atoms with Crippen molar-refractivity contribution >= 4 is 63.7 Å². The van der Waals surface area contributed by atoms with E-state index in [-0.39, 0.29) is 41.0 Å². The van der Waals surface area contributed by atoms with E-state index in [4.69, 9.17) is 17.0 Å². The van der Waals surface area contributed by atoms with Gasteiger partial charge in [-0.1, -0.05) is 13.0 Å². The predicted molar refractivity (Wildman–Crippen MR) is 221 cm³/mol. The van der Waals surface area contributed by atoms with Crippen molar-refractivity contribution in [2.24, 2.45) is 0 Å². The highest BCUT2D eigenvalue weighted by Crippen LogP contribution is 2.40. The van der Waals surface area contributed by atoms with E-state index in [0.717, 1.165) is 35.7 Å². The fourth-order valence-corrected chi connectivity index (χ4v) is 8.33. The zero-order chi connectivity index (χ0) is 42.8. The molecule has 0 aliphatic carbocycles. The number of thiocarbonyl (C=S) groups is 1.